The molecule has 0 aliphatic rings. The minimum Gasteiger partial charge on any atom is -0.0616 e. The van der Waals surface area contributed by atoms with Gasteiger partial charge in [-0.25, -0.2) is 0 Å². The predicted molar refractivity (Wildman–Crippen MR) is 166 cm³/mol. The Bertz CT molecular complexity index is 1940. The Morgan fingerprint density at radius 1 is 0.342 bits per heavy atom. The van der Waals surface area contributed by atoms with Gasteiger partial charge in [0.1, 0.15) is 0 Å². The van der Waals surface area contributed by atoms with Gasteiger partial charge in [0.2, 0.25) is 0 Å². The van der Waals surface area contributed by atoms with Crippen LogP contribution in [0.2, 0.25) is 0 Å². The Hall–Kier alpha value is -4.42. The Labute approximate surface area is 224 Å². The number of rotatable bonds is 2. The second-order valence-corrected chi connectivity index (χ2v) is 11.3. The number of hydrogen-bond donors (Lipinski definition) is 0. The highest BCUT2D eigenvalue weighted by atomic mass is 14.3. The maximum Gasteiger partial charge on any atom is -0.00172 e. The van der Waals surface area contributed by atoms with Gasteiger partial charge in [-0.3, -0.25) is 0 Å². The molecule has 0 bridgehead atoms. The monoisotopic (exact) mass is 486 g/mol. The summed E-state index contributed by atoms with van der Waals surface area (Å²) in [7, 11) is 0. The maximum atomic E-state index is 2.35. The quantitative estimate of drug-likeness (QED) is 0.213. The van der Waals surface area contributed by atoms with Crippen LogP contribution >= 0.6 is 0 Å². The van der Waals surface area contributed by atoms with Gasteiger partial charge in [0.15, 0.2) is 0 Å². The van der Waals surface area contributed by atoms with Crippen molar-refractivity contribution in [3.8, 4) is 22.3 Å². The summed E-state index contributed by atoms with van der Waals surface area (Å²) in [5.74, 6) is 0. The van der Waals surface area contributed by atoms with Crippen molar-refractivity contribution in [1.29, 1.82) is 0 Å². The van der Waals surface area contributed by atoms with Gasteiger partial charge in [-0.05, 0) is 76.3 Å². The van der Waals surface area contributed by atoms with Crippen LogP contribution in [0.5, 0.6) is 0 Å². The van der Waals surface area contributed by atoms with E-state index in [9.17, 15) is 0 Å². The first-order chi connectivity index (χ1) is 18.5. The van der Waals surface area contributed by atoms with Crippen molar-refractivity contribution in [3.05, 3.63) is 133 Å². The van der Waals surface area contributed by atoms with E-state index >= 15 is 0 Å². The molecule has 0 radical (unpaired) electrons. The zero-order chi connectivity index (χ0) is 25.9. The third-order valence-corrected chi connectivity index (χ3v) is 7.98. The van der Waals surface area contributed by atoms with E-state index in [1.807, 2.05) is 0 Å². The Balaban J connectivity index is 1.73. The van der Waals surface area contributed by atoms with Gasteiger partial charge in [-0.1, -0.05) is 148 Å². The molecule has 0 atom stereocenters. The standard InChI is InChI=1S/C38H30/c1-38(2,3)34-24-23-26-14-5-7-17-28(26)37(34)36-32-20-10-8-18-30(32)35(31-19-9-11-21-33(31)36)29-22-12-15-25-13-4-6-16-27(25)29/h4-24H,1-3H3. The third-order valence-electron chi connectivity index (χ3n) is 7.98. The van der Waals surface area contributed by atoms with Crippen molar-refractivity contribution in [2.45, 2.75) is 26.2 Å². The minimum atomic E-state index is -0.00409. The van der Waals surface area contributed by atoms with Crippen LogP contribution in [0.1, 0.15) is 26.3 Å². The van der Waals surface area contributed by atoms with Crippen LogP contribution in [0.15, 0.2) is 127 Å². The molecule has 0 aliphatic heterocycles. The lowest BCUT2D eigenvalue weighted by Gasteiger charge is -2.27. The van der Waals surface area contributed by atoms with E-state index in [1.165, 1.54) is 70.9 Å². The highest BCUT2D eigenvalue weighted by Crippen LogP contribution is 2.48. The van der Waals surface area contributed by atoms with E-state index in [0.717, 1.165) is 0 Å². The van der Waals surface area contributed by atoms with Gasteiger partial charge in [0.25, 0.3) is 0 Å². The van der Waals surface area contributed by atoms with Crippen molar-refractivity contribution < 1.29 is 0 Å². The van der Waals surface area contributed by atoms with E-state index in [1.54, 1.807) is 0 Å². The molecule has 7 rings (SSSR count). The second kappa shape index (κ2) is 8.57. The molecular weight excluding hydrogens is 456 g/mol. The molecule has 38 heavy (non-hydrogen) atoms. The van der Waals surface area contributed by atoms with E-state index in [2.05, 4.69) is 148 Å². The molecule has 0 aliphatic carbocycles. The summed E-state index contributed by atoms with van der Waals surface area (Å²) in [6.07, 6.45) is 0. The average molecular weight is 487 g/mol. The summed E-state index contributed by atoms with van der Waals surface area (Å²) in [5, 5.41) is 10.3. The van der Waals surface area contributed by atoms with Crippen LogP contribution in [0.25, 0.3) is 65.3 Å². The number of hydrogen-bond acceptors (Lipinski definition) is 0. The highest BCUT2D eigenvalue weighted by Gasteiger charge is 2.25. The minimum absolute atomic E-state index is 0.00409. The Kier molecular flexibility index (Phi) is 5.13. The van der Waals surface area contributed by atoms with Gasteiger partial charge in [0.05, 0.1) is 0 Å². The fraction of sp³-hybridized carbons (Fsp3) is 0.105. The Morgan fingerprint density at radius 3 is 1.37 bits per heavy atom. The first-order valence-corrected chi connectivity index (χ1v) is 13.5. The largest absolute Gasteiger partial charge is 0.0616 e. The van der Waals surface area contributed by atoms with E-state index in [0.29, 0.717) is 0 Å². The lowest BCUT2D eigenvalue weighted by molar-refractivity contribution is 0.593. The van der Waals surface area contributed by atoms with E-state index < -0.39 is 0 Å². The van der Waals surface area contributed by atoms with Crippen molar-refractivity contribution in [2.24, 2.45) is 0 Å². The van der Waals surface area contributed by atoms with Crippen LogP contribution in [0, 0.1) is 0 Å². The smallest absolute Gasteiger partial charge is 0.00172 e. The Morgan fingerprint density at radius 2 is 0.789 bits per heavy atom. The summed E-state index contributed by atoms with van der Waals surface area (Å²) in [6.45, 7) is 6.99. The van der Waals surface area contributed by atoms with Gasteiger partial charge in [0, 0.05) is 0 Å². The molecule has 0 amide bonds. The van der Waals surface area contributed by atoms with Crippen molar-refractivity contribution in [2.75, 3.05) is 0 Å². The first-order valence-electron chi connectivity index (χ1n) is 13.5. The van der Waals surface area contributed by atoms with E-state index in [4.69, 9.17) is 0 Å². The van der Waals surface area contributed by atoms with Crippen LogP contribution in [0.3, 0.4) is 0 Å². The summed E-state index contributed by atoms with van der Waals surface area (Å²) in [4.78, 5) is 0. The normalized spacial score (nSPS) is 12.1. The van der Waals surface area contributed by atoms with Gasteiger partial charge in [-0.2, -0.15) is 0 Å². The topological polar surface area (TPSA) is 0 Å². The number of benzene rings is 7. The van der Waals surface area contributed by atoms with E-state index in [-0.39, 0.29) is 5.41 Å². The fourth-order valence-electron chi connectivity index (χ4n) is 6.30. The van der Waals surface area contributed by atoms with Crippen LogP contribution in [-0.4, -0.2) is 0 Å². The molecule has 0 saturated heterocycles. The van der Waals surface area contributed by atoms with Crippen molar-refractivity contribution >= 4 is 43.1 Å². The van der Waals surface area contributed by atoms with Gasteiger partial charge in [-0.15, -0.1) is 0 Å². The zero-order valence-electron chi connectivity index (χ0n) is 22.1. The summed E-state index contributed by atoms with van der Waals surface area (Å²) < 4.78 is 0. The predicted octanol–water partition coefficient (Wildman–Crippen LogP) is 10.9. The summed E-state index contributed by atoms with van der Waals surface area (Å²) in [6, 6.07) is 46.9. The summed E-state index contributed by atoms with van der Waals surface area (Å²) >= 11 is 0. The van der Waals surface area contributed by atoms with Crippen molar-refractivity contribution in [3.63, 3.8) is 0 Å². The molecule has 0 saturated carbocycles. The molecular formula is C38H30. The molecule has 0 unspecified atom stereocenters. The van der Waals surface area contributed by atoms with Crippen LogP contribution in [0.4, 0.5) is 0 Å². The molecule has 0 N–H and O–H groups in total. The lowest BCUT2D eigenvalue weighted by atomic mass is 9.76. The van der Waals surface area contributed by atoms with Crippen LogP contribution < -0.4 is 0 Å². The molecule has 0 heteroatoms. The number of fused-ring (bicyclic) bond motifs is 4. The molecule has 0 aromatic heterocycles. The fourth-order valence-corrected chi connectivity index (χ4v) is 6.30. The molecule has 0 spiro atoms. The molecule has 0 nitrogen and oxygen atoms in total. The summed E-state index contributed by atoms with van der Waals surface area (Å²) in [5.41, 5.74) is 6.67. The first kappa shape index (κ1) is 22.8. The lowest BCUT2D eigenvalue weighted by Crippen LogP contribution is -2.13. The molecule has 0 heterocycles. The molecule has 7 aromatic rings. The zero-order valence-corrected chi connectivity index (χ0v) is 22.1. The van der Waals surface area contributed by atoms with Gasteiger partial charge < -0.3 is 0 Å². The molecule has 182 valence electrons. The maximum absolute atomic E-state index is 2.35. The third kappa shape index (κ3) is 3.45. The van der Waals surface area contributed by atoms with Crippen molar-refractivity contribution in [1.82, 2.24) is 0 Å². The second-order valence-electron chi connectivity index (χ2n) is 11.3. The van der Waals surface area contributed by atoms with Crippen LogP contribution in [-0.2, 0) is 5.41 Å². The van der Waals surface area contributed by atoms with Gasteiger partial charge >= 0.3 is 0 Å². The highest BCUT2D eigenvalue weighted by molar-refractivity contribution is 6.25. The molecule has 7 aromatic carbocycles. The SMILES string of the molecule is CC(C)(C)c1ccc2ccccc2c1-c1c2ccccc2c(-c2cccc3ccccc23)c2ccccc12. The average Bonchev–Trinajstić information content (AvgIpc) is 2.95. The molecule has 0 fully saturated rings.